The standard InChI is InChI=1S/C8H9NO.C5H11N/c1-9-8(10)7-5-3-2-4-6-7;1-6-4-2-3-5-6/h2-6H,1H3,(H,9,10);2-5H2,1H3. The molecule has 1 fully saturated rings. The lowest BCUT2D eigenvalue weighted by molar-refractivity contribution is 0.0963. The minimum Gasteiger partial charge on any atom is -0.355 e. The lowest BCUT2D eigenvalue weighted by Crippen LogP contribution is -2.17. The van der Waals surface area contributed by atoms with E-state index in [9.17, 15) is 4.79 Å². The highest BCUT2D eigenvalue weighted by molar-refractivity contribution is 5.93. The van der Waals surface area contributed by atoms with E-state index in [4.69, 9.17) is 0 Å². The molecule has 2 rings (SSSR count). The number of carbonyl (C=O) groups excluding carboxylic acids is 1. The molecule has 0 saturated carbocycles. The number of hydrogen-bond donors (Lipinski definition) is 1. The normalized spacial score (nSPS) is 15.1. The first kappa shape index (κ1) is 12.7. The average molecular weight is 220 g/mol. The summed E-state index contributed by atoms with van der Waals surface area (Å²) in [4.78, 5) is 13.3. The van der Waals surface area contributed by atoms with Gasteiger partial charge in [-0.1, -0.05) is 18.2 Å². The molecular weight excluding hydrogens is 200 g/mol. The van der Waals surface area contributed by atoms with Crippen LogP contribution in [0.2, 0.25) is 0 Å². The van der Waals surface area contributed by atoms with Gasteiger partial charge >= 0.3 is 0 Å². The van der Waals surface area contributed by atoms with Crippen molar-refractivity contribution in [2.24, 2.45) is 0 Å². The van der Waals surface area contributed by atoms with Crippen molar-refractivity contribution in [2.75, 3.05) is 27.2 Å². The van der Waals surface area contributed by atoms with Gasteiger partial charge in [0.2, 0.25) is 0 Å². The number of benzene rings is 1. The fraction of sp³-hybridized carbons (Fsp3) is 0.462. The molecule has 1 saturated heterocycles. The maximum atomic E-state index is 10.9. The lowest BCUT2D eigenvalue weighted by atomic mass is 10.2. The Morgan fingerprint density at radius 2 is 1.75 bits per heavy atom. The van der Waals surface area contributed by atoms with Crippen molar-refractivity contribution in [3.63, 3.8) is 0 Å². The lowest BCUT2D eigenvalue weighted by Gasteiger charge is -2.01. The third kappa shape index (κ3) is 4.45. The van der Waals surface area contributed by atoms with Gasteiger partial charge in [-0.2, -0.15) is 0 Å². The highest BCUT2D eigenvalue weighted by Gasteiger charge is 2.03. The first-order valence-corrected chi connectivity index (χ1v) is 5.69. The third-order valence-corrected chi connectivity index (χ3v) is 2.59. The molecule has 1 aliphatic rings. The van der Waals surface area contributed by atoms with Crippen LogP contribution in [0.25, 0.3) is 0 Å². The van der Waals surface area contributed by atoms with E-state index in [-0.39, 0.29) is 5.91 Å². The molecule has 0 aliphatic carbocycles. The molecule has 1 aromatic rings. The Balaban J connectivity index is 0.000000181. The van der Waals surface area contributed by atoms with Crippen LogP contribution < -0.4 is 5.32 Å². The zero-order valence-corrected chi connectivity index (χ0v) is 10.1. The molecule has 3 heteroatoms. The van der Waals surface area contributed by atoms with Gasteiger partial charge in [0.15, 0.2) is 0 Å². The number of rotatable bonds is 1. The molecule has 0 atom stereocenters. The van der Waals surface area contributed by atoms with Gasteiger partial charge < -0.3 is 10.2 Å². The summed E-state index contributed by atoms with van der Waals surface area (Å²) < 4.78 is 0. The number of hydrogen-bond acceptors (Lipinski definition) is 2. The van der Waals surface area contributed by atoms with Crippen molar-refractivity contribution >= 4 is 5.91 Å². The van der Waals surface area contributed by atoms with Crippen LogP contribution in [0, 0.1) is 0 Å². The summed E-state index contributed by atoms with van der Waals surface area (Å²) in [6.45, 7) is 2.64. The van der Waals surface area contributed by atoms with Crippen LogP contribution in [-0.2, 0) is 0 Å². The quantitative estimate of drug-likeness (QED) is 0.782. The van der Waals surface area contributed by atoms with Crippen molar-refractivity contribution in [3.05, 3.63) is 35.9 Å². The Labute approximate surface area is 97.5 Å². The van der Waals surface area contributed by atoms with E-state index in [2.05, 4.69) is 17.3 Å². The van der Waals surface area contributed by atoms with Gasteiger partial charge in [-0.25, -0.2) is 0 Å². The van der Waals surface area contributed by atoms with Gasteiger partial charge in [0.25, 0.3) is 5.91 Å². The van der Waals surface area contributed by atoms with Gasteiger partial charge in [-0.05, 0) is 45.1 Å². The maximum Gasteiger partial charge on any atom is 0.251 e. The minimum absolute atomic E-state index is 0.0411. The van der Waals surface area contributed by atoms with Crippen LogP contribution in [0.3, 0.4) is 0 Å². The molecule has 1 heterocycles. The zero-order valence-electron chi connectivity index (χ0n) is 10.1. The van der Waals surface area contributed by atoms with Crippen molar-refractivity contribution < 1.29 is 4.79 Å². The predicted octanol–water partition coefficient (Wildman–Crippen LogP) is 1.76. The topological polar surface area (TPSA) is 32.3 Å². The number of carbonyl (C=O) groups is 1. The van der Waals surface area contributed by atoms with Crippen molar-refractivity contribution in [2.45, 2.75) is 12.8 Å². The second-order valence-electron chi connectivity index (χ2n) is 3.96. The molecule has 0 unspecified atom stereocenters. The van der Waals surface area contributed by atoms with Gasteiger partial charge in [-0.15, -0.1) is 0 Å². The van der Waals surface area contributed by atoms with Crippen molar-refractivity contribution in [1.82, 2.24) is 10.2 Å². The number of likely N-dealkylation sites (tertiary alicyclic amines) is 1. The fourth-order valence-electron chi connectivity index (χ4n) is 1.61. The Morgan fingerprint density at radius 3 is 2.12 bits per heavy atom. The van der Waals surface area contributed by atoms with E-state index in [0.29, 0.717) is 5.56 Å². The Hall–Kier alpha value is -1.35. The van der Waals surface area contributed by atoms with Crippen LogP contribution in [-0.4, -0.2) is 38.0 Å². The number of nitrogens with zero attached hydrogens (tertiary/aromatic N) is 1. The van der Waals surface area contributed by atoms with Crippen LogP contribution in [0.4, 0.5) is 0 Å². The largest absolute Gasteiger partial charge is 0.355 e. The summed E-state index contributed by atoms with van der Waals surface area (Å²) in [5, 5.41) is 2.54. The Bertz CT molecular complexity index is 305. The smallest absolute Gasteiger partial charge is 0.251 e. The summed E-state index contributed by atoms with van der Waals surface area (Å²) in [6.07, 6.45) is 2.83. The van der Waals surface area contributed by atoms with E-state index in [0.717, 1.165) is 0 Å². The predicted molar refractivity (Wildman–Crippen MR) is 66.6 cm³/mol. The first-order valence-electron chi connectivity index (χ1n) is 5.69. The van der Waals surface area contributed by atoms with Gasteiger partial charge in [0.1, 0.15) is 0 Å². The molecule has 3 nitrogen and oxygen atoms in total. The highest BCUT2D eigenvalue weighted by Crippen LogP contribution is 2.02. The summed E-state index contributed by atoms with van der Waals surface area (Å²) in [6, 6.07) is 9.11. The van der Waals surface area contributed by atoms with E-state index < -0.39 is 0 Å². The summed E-state index contributed by atoms with van der Waals surface area (Å²) >= 11 is 0. The molecule has 0 bridgehead atoms. The zero-order chi connectivity index (χ0) is 11.8. The summed E-state index contributed by atoms with van der Waals surface area (Å²) in [5.41, 5.74) is 0.699. The molecule has 0 spiro atoms. The molecule has 0 radical (unpaired) electrons. The first-order chi connectivity index (χ1) is 7.74. The van der Waals surface area contributed by atoms with E-state index in [1.54, 1.807) is 19.2 Å². The molecule has 16 heavy (non-hydrogen) atoms. The van der Waals surface area contributed by atoms with Crippen LogP contribution in [0.1, 0.15) is 23.2 Å². The Morgan fingerprint density at radius 1 is 1.19 bits per heavy atom. The monoisotopic (exact) mass is 220 g/mol. The van der Waals surface area contributed by atoms with Crippen LogP contribution in [0.5, 0.6) is 0 Å². The molecular formula is C13H20N2O. The van der Waals surface area contributed by atoms with Crippen molar-refractivity contribution in [3.8, 4) is 0 Å². The molecule has 1 N–H and O–H groups in total. The second-order valence-corrected chi connectivity index (χ2v) is 3.96. The van der Waals surface area contributed by atoms with E-state index >= 15 is 0 Å². The van der Waals surface area contributed by atoms with Crippen LogP contribution >= 0.6 is 0 Å². The molecule has 1 amide bonds. The number of amides is 1. The SMILES string of the molecule is CN1CCCC1.CNC(=O)c1ccccc1. The number of nitrogens with one attached hydrogen (secondary N) is 1. The Kier molecular flexibility index (Phi) is 5.57. The third-order valence-electron chi connectivity index (χ3n) is 2.59. The molecule has 88 valence electrons. The van der Waals surface area contributed by atoms with E-state index in [1.807, 2.05) is 18.2 Å². The molecule has 1 aliphatic heterocycles. The van der Waals surface area contributed by atoms with Gasteiger partial charge in [0, 0.05) is 12.6 Å². The van der Waals surface area contributed by atoms with Crippen LogP contribution in [0.15, 0.2) is 30.3 Å². The van der Waals surface area contributed by atoms with Crippen molar-refractivity contribution in [1.29, 1.82) is 0 Å². The second kappa shape index (κ2) is 7.01. The van der Waals surface area contributed by atoms with Gasteiger partial charge in [0.05, 0.1) is 0 Å². The minimum atomic E-state index is -0.0411. The summed E-state index contributed by atoms with van der Waals surface area (Å²) in [5.74, 6) is -0.0411. The highest BCUT2D eigenvalue weighted by atomic mass is 16.1. The fourth-order valence-corrected chi connectivity index (χ4v) is 1.61. The molecule has 1 aromatic carbocycles. The molecule has 0 aromatic heterocycles. The maximum absolute atomic E-state index is 10.9. The van der Waals surface area contributed by atoms with E-state index in [1.165, 1.54) is 25.9 Å². The average Bonchev–Trinajstić information content (AvgIpc) is 2.81. The van der Waals surface area contributed by atoms with Gasteiger partial charge in [-0.3, -0.25) is 4.79 Å². The summed E-state index contributed by atoms with van der Waals surface area (Å²) in [7, 11) is 3.79.